The van der Waals surface area contributed by atoms with Crippen molar-refractivity contribution in [3.05, 3.63) is 89.9 Å². The number of hydrogen-bond acceptors (Lipinski definition) is 4. The van der Waals surface area contributed by atoms with Gasteiger partial charge in [-0.05, 0) is 29.8 Å². The first kappa shape index (κ1) is 14.7. The van der Waals surface area contributed by atoms with Gasteiger partial charge in [0.2, 0.25) is 0 Å². The zero-order chi connectivity index (χ0) is 16.4. The third kappa shape index (κ3) is 2.96. The minimum Gasteiger partial charge on any atom is -0.488 e. The molecular formula is C20H16O4. The van der Waals surface area contributed by atoms with E-state index in [-0.39, 0.29) is 11.9 Å². The van der Waals surface area contributed by atoms with E-state index in [1.807, 2.05) is 48.5 Å². The largest absolute Gasteiger partial charge is 0.488 e. The Kier molecular flexibility index (Phi) is 3.89. The van der Waals surface area contributed by atoms with Crippen LogP contribution in [0.15, 0.2) is 77.4 Å². The summed E-state index contributed by atoms with van der Waals surface area (Å²) in [5.74, 6) is 1.16. The summed E-state index contributed by atoms with van der Waals surface area (Å²) in [4.78, 5) is 12.7. The van der Waals surface area contributed by atoms with E-state index in [0.29, 0.717) is 23.7 Å². The molecule has 4 nitrogen and oxygen atoms in total. The third-order valence-electron chi connectivity index (χ3n) is 3.96. The number of ether oxygens (including phenoxy) is 2. The first-order valence-corrected chi connectivity index (χ1v) is 7.82. The lowest BCUT2D eigenvalue weighted by molar-refractivity contribution is 0.0949. The maximum absolute atomic E-state index is 12.7. The quantitative estimate of drug-likeness (QED) is 0.505. The van der Waals surface area contributed by atoms with Gasteiger partial charge in [0.05, 0.1) is 11.8 Å². The molecule has 4 heteroatoms. The second-order valence-electron chi connectivity index (χ2n) is 5.63. The number of hydrogen-bond donors (Lipinski definition) is 0. The van der Waals surface area contributed by atoms with Gasteiger partial charge < -0.3 is 13.9 Å². The molecule has 2 heterocycles. The van der Waals surface area contributed by atoms with Crippen molar-refractivity contribution in [3.63, 3.8) is 0 Å². The van der Waals surface area contributed by atoms with Gasteiger partial charge in [-0.2, -0.15) is 0 Å². The van der Waals surface area contributed by atoms with E-state index in [0.717, 1.165) is 5.56 Å². The molecule has 2 aromatic carbocycles. The SMILES string of the molecule is O=C(c1ccccc1OCc1ccccc1)[C@H]1O[C@H]1c1ccco1. The zero-order valence-corrected chi connectivity index (χ0v) is 12.9. The fourth-order valence-corrected chi connectivity index (χ4v) is 2.67. The Morgan fingerprint density at radius 3 is 2.54 bits per heavy atom. The van der Waals surface area contributed by atoms with Gasteiger partial charge in [0, 0.05) is 0 Å². The van der Waals surface area contributed by atoms with E-state index in [4.69, 9.17) is 13.9 Å². The van der Waals surface area contributed by atoms with E-state index in [2.05, 4.69) is 0 Å². The molecule has 1 aliphatic rings. The molecule has 0 unspecified atom stereocenters. The molecule has 0 spiro atoms. The number of epoxide rings is 1. The summed E-state index contributed by atoms with van der Waals surface area (Å²) in [6.07, 6.45) is 0.780. The molecule has 3 aromatic rings. The van der Waals surface area contributed by atoms with Crippen molar-refractivity contribution in [2.24, 2.45) is 0 Å². The normalized spacial score (nSPS) is 19.0. The van der Waals surface area contributed by atoms with Crippen LogP contribution in [-0.2, 0) is 11.3 Å². The highest BCUT2D eigenvalue weighted by Gasteiger charge is 2.48. The maximum Gasteiger partial charge on any atom is 0.198 e. The summed E-state index contributed by atoms with van der Waals surface area (Å²) in [6, 6.07) is 20.7. The number of ketones is 1. The third-order valence-corrected chi connectivity index (χ3v) is 3.96. The Morgan fingerprint density at radius 2 is 1.75 bits per heavy atom. The summed E-state index contributed by atoms with van der Waals surface area (Å²) in [7, 11) is 0. The lowest BCUT2D eigenvalue weighted by Crippen LogP contribution is -2.10. The molecule has 0 radical (unpaired) electrons. The summed E-state index contributed by atoms with van der Waals surface area (Å²) in [5, 5.41) is 0. The van der Waals surface area contributed by atoms with E-state index >= 15 is 0 Å². The minimum atomic E-state index is -0.502. The number of Topliss-reactive ketones (excluding diaryl/α,β-unsaturated/α-hetero) is 1. The van der Waals surface area contributed by atoms with Crippen LogP contribution in [0, 0.1) is 0 Å². The van der Waals surface area contributed by atoms with Crippen LogP contribution in [0.2, 0.25) is 0 Å². The molecule has 0 saturated carbocycles. The first-order chi connectivity index (χ1) is 11.8. The topological polar surface area (TPSA) is 52.0 Å². The van der Waals surface area contributed by atoms with Gasteiger partial charge in [-0.1, -0.05) is 42.5 Å². The predicted molar refractivity (Wildman–Crippen MR) is 87.9 cm³/mol. The molecule has 0 bridgehead atoms. The second-order valence-corrected chi connectivity index (χ2v) is 5.63. The number of benzene rings is 2. The highest BCUT2D eigenvalue weighted by Crippen LogP contribution is 2.41. The summed E-state index contributed by atoms with van der Waals surface area (Å²) in [5.41, 5.74) is 1.59. The number of furan rings is 1. The molecule has 0 aliphatic carbocycles. The Hall–Kier alpha value is -2.85. The minimum absolute atomic E-state index is 0.0833. The van der Waals surface area contributed by atoms with Crippen molar-refractivity contribution in [1.29, 1.82) is 0 Å². The van der Waals surface area contributed by atoms with Crippen LogP contribution in [0.3, 0.4) is 0 Å². The van der Waals surface area contributed by atoms with Crippen molar-refractivity contribution in [1.82, 2.24) is 0 Å². The lowest BCUT2D eigenvalue weighted by Gasteiger charge is -2.10. The monoisotopic (exact) mass is 320 g/mol. The standard InChI is InChI=1S/C20H16O4/c21-18(20-19(24-20)17-11-6-12-22-17)15-9-4-5-10-16(15)23-13-14-7-2-1-3-8-14/h1-12,19-20H,13H2/t19-,20+/m0/s1. The van der Waals surface area contributed by atoms with Crippen LogP contribution in [0.25, 0.3) is 0 Å². The molecule has 1 fully saturated rings. The van der Waals surface area contributed by atoms with Gasteiger partial charge in [-0.25, -0.2) is 0 Å². The smallest absolute Gasteiger partial charge is 0.198 e. The van der Waals surface area contributed by atoms with Crippen molar-refractivity contribution in [2.75, 3.05) is 0 Å². The molecule has 4 rings (SSSR count). The molecular weight excluding hydrogens is 304 g/mol. The fraction of sp³-hybridized carbons (Fsp3) is 0.150. The first-order valence-electron chi connectivity index (χ1n) is 7.82. The van der Waals surface area contributed by atoms with Crippen LogP contribution < -0.4 is 4.74 Å². The molecule has 2 atom stereocenters. The number of para-hydroxylation sites is 1. The fourth-order valence-electron chi connectivity index (χ4n) is 2.67. The summed E-state index contributed by atoms with van der Waals surface area (Å²) in [6.45, 7) is 0.415. The highest BCUT2D eigenvalue weighted by molar-refractivity contribution is 6.03. The molecule has 0 amide bonds. The van der Waals surface area contributed by atoms with Gasteiger partial charge in [0.25, 0.3) is 0 Å². The van der Waals surface area contributed by atoms with Crippen molar-refractivity contribution in [3.8, 4) is 5.75 Å². The zero-order valence-electron chi connectivity index (χ0n) is 12.9. The van der Waals surface area contributed by atoms with Crippen LogP contribution in [0.1, 0.15) is 27.8 Å². The predicted octanol–water partition coefficient (Wildman–Crippen LogP) is 4.18. The lowest BCUT2D eigenvalue weighted by atomic mass is 10.0. The Balaban J connectivity index is 1.48. The van der Waals surface area contributed by atoms with Crippen molar-refractivity contribution >= 4 is 5.78 Å². The maximum atomic E-state index is 12.7. The second kappa shape index (κ2) is 6.34. The van der Waals surface area contributed by atoms with E-state index in [1.165, 1.54) is 0 Å². The molecule has 24 heavy (non-hydrogen) atoms. The highest BCUT2D eigenvalue weighted by atomic mass is 16.6. The average Bonchev–Trinajstić information content (AvgIpc) is 3.25. The number of rotatable bonds is 6. The van der Waals surface area contributed by atoms with Crippen LogP contribution >= 0.6 is 0 Å². The Bertz CT molecular complexity index is 824. The van der Waals surface area contributed by atoms with Crippen LogP contribution in [-0.4, -0.2) is 11.9 Å². The van der Waals surface area contributed by atoms with Gasteiger partial charge in [0.1, 0.15) is 24.2 Å². The molecule has 120 valence electrons. The van der Waals surface area contributed by atoms with E-state index < -0.39 is 6.10 Å². The molecule has 1 aromatic heterocycles. The van der Waals surface area contributed by atoms with Gasteiger partial charge in [-0.15, -0.1) is 0 Å². The molecule has 1 saturated heterocycles. The van der Waals surface area contributed by atoms with Gasteiger partial charge in [-0.3, -0.25) is 4.79 Å². The van der Waals surface area contributed by atoms with Crippen LogP contribution in [0.5, 0.6) is 5.75 Å². The number of carbonyl (C=O) groups excluding carboxylic acids is 1. The summed E-state index contributed by atoms with van der Waals surface area (Å²) < 4.78 is 16.6. The van der Waals surface area contributed by atoms with Crippen molar-refractivity contribution in [2.45, 2.75) is 18.8 Å². The Morgan fingerprint density at radius 1 is 0.958 bits per heavy atom. The van der Waals surface area contributed by atoms with Crippen molar-refractivity contribution < 1.29 is 18.7 Å². The average molecular weight is 320 g/mol. The van der Waals surface area contributed by atoms with Crippen LogP contribution in [0.4, 0.5) is 0 Å². The van der Waals surface area contributed by atoms with Gasteiger partial charge >= 0.3 is 0 Å². The van der Waals surface area contributed by atoms with Gasteiger partial charge in [0.15, 0.2) is 11.9 Å². The Labute approximate surface area is 139 Å². The number of carbonyl (C=O) groups is 1. The summed E-state index contributed by atoms with van der Waals surface area (Å²) >= 11 is 0. The molecule has 0 N–H and O–H groups in total. The van der Waals surface area contributed by atoms with E-state index in [1.54, 1.807) is 24.5 Å². The molecule has 1 aliphatic heterocycles. The van der Waals surface area contributed by atoms with E-state index in [9.17, 15) is 4.79 Å².